The summed E-state index contributed by atoms with van der Waals surface area (Å²) in [5, 5.41) is 32.8. The van der Waals surface area contributed by atoms with Crippen LogP contribution in [0.3, 0.4) is 0 Å². The maximum atomic E-state index is 14.0. The molecule has 3 aliphatic heterocycles. The number of aromatic nitrogens is 3. The van der Waals surface area contributed by atoms with E-state index in [1.165, 1.54) is 28.4 Å². The van der Waals surface area contributed by atoms with Crippen molar-refractivity contribution in [1.29, 1.82) is 0 Å². The molecule has 0 aliphatic carbocycles. The van der Waals surface area contributed by atoms with Gasteiger partial charge in [0.05, 0.1) is 34.3 Å². The number of amides is 5. The van der Waals surface area contributed by atoms with Gasteiger partial charge in [0.1, 0.15) is 43.1 Å². The number of aryl methyl sites for hydroxylation is 1. The smallest absolute Gasteiger partial charge is 0.270 e. The quantitative estimate of drug-likeness (QED) is 0.0884. The molecule has 2 saturated heterocycles. The molecule has 2 aromatic heterocycles. The summed E-state index contributed by atoms with van der Waals surface area (Å²) in [6.07, 6.45) is 0.582. The van der Waals surface area contributed by atoms with Crippen LogP contribution in [0.15, 0.2) is 66.4 Å². The molecule has 2 aromatic carbocycles. The fraction of sp³-hybridized carbons (Fsp3) is 0.478. The second kappa shape index (κ2) is 21.0. The highest BCUT2D eigenvalue weighted by Crippen LogP contribution is 2.29. The summed E-state index contributed by atoms with van der Waals surface area (Å²) in [5.41, 5.74) is 6.59. The van der Waals surface area contributed by atoms with E-state index < -0.39 is 59.9 Å². The minimum absolute atomic E-state index is 0.0587. The number of nitrogens with one attached hydrogen (secondary N) is 4. The molecule has 19 heteroatoms. The fourth-order valence-corrected chi connectivity index (χ4v) is 9.03. The number of anilines is 1. The van der Waals surface area contributed by atoms with E-state index in [-0.39, 0.29) is 50.3 Å². The minimum Gasteiger partial charge on any atom is -0.391 e. The summed E-state index contributed by atoms with van der Waals surface area (Å²) in [6.45, 7) is 9.39. The predicted molar refractivity (Wildman–Crippen MR) is 242 cm³/mol. The van der Waals surface area contributed by atoms with E-state index in [2.05, 4.69) is 53.3 Å². The van der Waals surface area contributed by atoms with Crippen LogP contribution < -0.4 is 21.3 Å². The van der Waals surface area contributed by atoms with E-state index >= 15 is 0 Å². The Labute approximate surface area is 382 Å². The summed E-state index contributed by atoms with van der Waals surface area (Å²) in [5.74, 6) is -1.90. The van der Waals surface area contributed by atoms with E-state index in [0.29, 0.717) is 25.5 Å². The standard InChI is InChI=1S/C46H58N10O8S/c1-28-41(65-27-51-28)31-11-9-29(10-12-31)17-47-44(62)37-15-34(57)23-56(37)45(63)42(46(2,3)4)53-39(59)24-64-25-40(60)55-20-33(21-55)52-38-16-36(49-26-50-38)43(61)48-18-35(58)22-54-14-13-30-7-5-6-8-32(30)19-54/h5-12,16,26-27,33-35,37,42,57-58H,13-15,17-25H2,1-4H3,(H,47,62)(H,48,61)(H,53,59)(H,49,50,52). The molecule has 2 fully saturated rings. The molecule has 65 heavy (non-hydrogen) atoms. The highest BCUT2D eigenvalue weighted by atomic mass is 32.1. The minimum atomic E-state index is -1.05. The van der Waals surface area contributed by atoms with E-state index in [9.17, 15) is 34.2 Å². The predicted octanol–water partition coefficient (Wildman–Crippen LogP) is 1.51. The number of aliphatic hydroxyl groups excluding tert-OH is 2. The van der Waals surface area contributed by atoms with Gasteiger partial charge in [0.25, 0.3) is 5.91 Å². The van der Waals surface area contributed by atoms with E-state index in [4.69, 9.17) is 4.74 Å². The first kappa shape index (κ1) is 47.1. The Balaban J connectivity index is 0.810. The molecule has 0 bridgehead atoms. The zero-order chi connectivity index (χ0) is 46.3. The maximum Gasteiger partial charge on any atom is 0.270 e. The molecule has 0 radical (unpaired) electrons. The molecule has 346 valence electrons. The van der Waals surface area contributed by atoms with Crippen LogP contribution in [0.5, 0.6) is 0 Å². The Morgan fingerprint density at radius 3 is 2.43 bits per heavy atom. The van der Waals surface area contributed by atoms with Gasteiger partial charge in [0.15, 0.2) is 0 Å². The van der Waals surface area contributed by atoms with Crippen molar-refractivity contribution in [3.8, 4) is 10.4 Å². The third-order valence-corrected chi connectivity index (χ3v) is 12.8. The first-order valence-electron chi connectivity index (χ1n) is 21.9. The molecule has 0 saturated carbocycles. The average molecular weight is 911 g/mol. The summed E-state index contributed by atoms with van der Waals surface area (Å²) in [6, 6.07) is 15.4. The van der Waals surface area contributed by atoms with Crippen LogP contribution in [-0.2, 0) is 43.4 Å². The number of likely N-dealkylation sites (tertiary alicyclic amines) is 2. The Morgan fingerprint density at radius 1 is 0.954 bits per heavy atom. The van der Waals surface area contributed by atoms with E-state index in [1.54, 1.807) is 42.5 Å². The van der Waals surface area contributed by atoms with Crippen LogP contribution in [0, 0.1) is 12.3 Å². The normalized spacial score (nSPS) is 18.6. The van der Waals surface area contributed by atoms with Crippen molar-refractivity contribution in [3.63, 3.8) is 0 Å². The van der Waals surface area contributed by atoms with Crippen LogP contribution in [0.25, 0.3) is 10.4 Å². The molecule has 5 heterocycles. The van der Waals surface area contributed by atoms with Crippen LogP contribution in [-0.4, -0.2) is 152 Å². The van der Waals surface area contributed by atoms with Gasteiger partial charge in [0.2, 0.25) is 23.6 Å². The number of ether oxygens (including phenoxy) is 1. The molecule has 0 spiro atoms. The number of carbonyl (C=O) groups is 5. The number of β-amino-alcohol motifs (C(OH)–C–C–N with tert-alkyl or cyclic N) is 2. The highest BCUT2D eigenvalue weighted by Gasteiger charge is 2.44. The second-order valence-corrected chi connectivity index (χ2v) is 18.8. The number of benzene rings is 2. The number of hydrogen-bond acceptors (Lipinski definition) is 14. The summed E-state index contributed by atoms with van der Waals surface area (Å²) >= 11 is 1.56. The number of aliphatic hydroxyl groups is 2. The van der Waals surface area contributed by atoms with Crippen molar-refractivity contribution >= 4 is 46.7 Å². The van der Waals surface area contributed by atoms with Gasteiger partial charge in [-0.3, -0.25) is 28.9 Å². The molecule has 6 N–H and O–H groups in total. The Kier molecular flexibility index (Phi) is 15.2. The first-order valence-corrected chi connectivity index (χ1v) is 22.7. The van der Waals surface area contributed by atoms with Gasteiger partial charge in [-0.2, -0.15) is 0 Å². The van der Waals surface area contributed by atoms with Crippen LogP contribution in [0.2, 0.25) is 0 Å². The zero-order valence-electron chi connectivity index (χ0n) is 37.2. The van der Waals surface area contributed by atoms with Gasteiger partial charge in [-0.25, -0.2) is 15.0 Å². The number of hydrogen-bond donors (Lipinski definition) is 6. The van der Waals surface area contributed by atoms with Crippen molar-refractivity contribution in [2.45, 2.75) is 84.0 Å². The Bertz CT molecular complexity index is 2330. The van der Waals surface area contributed by atoms with Gasteiger partial charge in [-0.15, -0.1) is 11.3 Å². The topological polar surface area (TPSA) is 232 Å². The zero-order valence-corrected chi connectivity index (χ0v) is 38.0. The Morgan fingerprint density at radius 2 is 1.71 bits per heavy atom. The van der Waals surface area contributed by atoms with Crippen molar-refractivity contribution in [1.82, 2.24) is 45.6 Å². The number of rotatable bonds is 17. The molecular formula is C46H58N10O8S. The third kappa shape index (κ3) is 12.3. The van der Waals surface area contributed by atoms with Gasteiger partial charge in [-0.1, -0.05) is 69.3 Å². The van der Waals surface area contributed by atoms with Crippen molar-refractivity contribution in [2.75, 3.05) is 57.8 Å². The lowest BCUT2D eigenvalue weighted by Gasteiger charge is -2.39. The average Bonchev–Trinajstić information content (AvgIpc) is 3.89. The molecule has 5 amide bonds. The summed E-state index contributed by atoms with van der Waals surface area (Å²) in [4.78, 5) is 85.0. The van der Waals surface area contributed by atoms with Gasteiger partial charge >= 0.3 is 0 Å². The summed E-state index contributed by atoms with van der Waals surface area (Å²) in [7, 11) is 0. The molecule has 4 aromatic rings. The summed E-state index contributed by atoms with van der Waals surface area (Å²) < 4.78 is 5.47. The lowest BCUT2D eigenvalue weighted by Crippen LogP contribution is -2.58. The SMILES string of the molecule is Cc1ncsc1-c1ccc(CNC(=O)C2CC(O)CN2C(=O)C(NC(=O)COCC(=O)N2CC(Nc3cc(C(=O)NCC(O)CN4CCc5ccccc5C4)ncn3)C2)C(C)(C)C)cc1. The maximum absolute atomic E-state index is 14.0. The van der Waals surface area contributed by atoms with E-state index in [0.717, 1.165) is 41.2 Å². The van der Waals surface area contributed by atoms with Crippen molar-refractivity contribution in [2.24, 2.45) is 5.41 Å². The Hall–Kier alpha value is -5.86. The largest absolute Gasteiger partial charge is 0.391 e. The van der Waals surface area contributed by atoms with Crippen molar-refractivity contribution < 1.29 is 38.9 Å². The van der Waals surface area contributed by atoms with E-state index in [1.807, 2.05) is 43.3 Å². The molecule has 4 unspecified atom stereocenters. The van der Waals surface area contributed by atoms with Crippen LogP contribution in [0.4, 0.5) is 5.82 Å². The molecule has 3 aliphatic rings. The third-order valence-electron chi connectivity index (χ3n) is 11.8. The lowest BCUT2D eigenvalue weighted by atomic mass is 9.85. The number of carbonyl (C=O) groups excluding carboxylic acids is 5. The molecular weight excluding hydrogens is 853 g/mol. The van der Waals surface area contributed by atoms with Crippen LogP contribution >= 0.6 is 11.3 Å². The number of nitrogens with zero attached hydrogens (tertiary/aromatic N) is 6. The monoisotopic (exact) mass is 910 g/mol. The molecule has 7 rings (SSSR count). The fourth-order valence-electron chi connectivity index (χ4n) is 8.22. The lowest BCUT2D eigenvalue weighted by molar-refractivity contribution is -0.146. The molecule has 18 nitrogen and oxygen atoms in total. The first-order chi connectivity index (χ1) is 31.1. The van der Waals surface area contributed by atoms with Gasteiger partial charge < -0.3 is 46.0 Å². The molecule has 4 atom stereocenters. The van der Waals surface area contributed by atoms with Crippen molar-refractivity contribution in [3.05, 3.63) is 94.5 Å². The highest BCUT2D eigenvalue weighted by molar-refractivity contribution is 7.13. The number of thiazole rings is 1. The number of fused-ring (bicyclic) bond motifs is 1. The second-order valence-electron chi connectivity index (χ2n) is 18.0. The van der Waals surface area contributed by atoms with Crippen LogP contribution in [0.1, 0.15) is 60.1 Å². The van der Waals surface area contributed by atoms with Gasteiger partial charge in [0, 0.05) is 64.8 Å². The van der Waals surface area contributed by atoms with Gasteiger partial charge in [-0.05, 0) is 41.0 Å².